The molecule has 25 heavy (non-hydrogen) atoms. The summed E-state index contributed by atoms with van der Waals surface area (Å²) in [5.74, 6) is 1.79. The zero-order valence-electron chi connectivity index (χ0n) is 14.6. The molecule has 0 bridgehead atoms. The molecule has 0 radical (unpaired) electrons. The number of ether oxygens (including phenoxy) is 1. The monoisotopic (exact) mass is 337 g/mol. The second-order valence-electron chi connectivity index (χ2n) is 6.08. The van der Waals surface area contributed by atoms with Gasteiger partial charge in [0.05, 0.1) is 23.7 Å². The summed E-state index contributed by atoms with van der Waals surface area (Å²) in [4.78, 5) is 15.5. The molecule has 0 spiro atoms. The Morgan fingerprint density at radius 1 is 1.20 bits per heavy atom. The molecule has 130 valence electrons. The topological polar surface area (TPSA) is 56.1 Å². The van der Waals surface area contributed by atoms with Gasteiger partial charge in [-0.1, -0.05) is 30.3 Å². The summed E-state index contributed by atoms with van der Waals surface area (Å²) in [6.07, 6.45) is 1.57. The maximum absolute atomic E-state index is 10.8. The lowest BCUT2D eigenvalue weighted by molar-refractivity contribution is -0.110. The molecular weight excluding hydrogens is 314 g/mol. The van der Waals surface area contributed by atoms with Crippen LogP contribution in [0.5, 0.6) is 5.75 Å². The van der Waals surface area contributed by atoms with E-state index < -0.39 is 0 Å². The Kier molecular flexibility index (Phi) is 5.33. The van der Waals surface area contributed by atoms with Crippen LogP contribution >= 0.6 is 0 Å². The summed E-state index contributed by atoms with van der Waals surface area (Å²) in [6, 6.07) is 15.9. The van der Waals surface area contributed by atoms with Crippen molar-refractivity contribution in [1.82, 2.24) is 14.9 Å². The van der Waals surface area contributed by atoms with Gasteiger partial charge in [-0.25, -0.2) is 4.98 Å². The first-order valence-electron chi connectivity index (χ1n) is 8.54. The van der Waals surface area contributed by atoms with Crippen LogP contribution in [-0.4, -0.2) is 22.6 Å². The number of para-hydroxylation sites is 3. The standard InChI is InChI=1S/C20H23N3O2/c1-15-8-3-6-11-19(15)25-13-7-12-23-18-10-5-4-9-17(18)22-20(23)16(2)21-14-24/h3-6,8-11,14,16H,7,12-13H2,1-2H3,(H,21,24)/t16-/m0/s1. The second-order valence-corrected chi connectivity index (χ2v) is 6.08. The normalized spacial score (nSPS) is 12.1. The molecule has 0 fully saturated rings. The Bertz CT molecular complexity index is 857. The van der Waals surface area contributed by atoms with Gasteiger partial charge >= 0.3 is 0 Å². The number of benzene rings is 2. The molecule has 1 amide bonds. The zero-order valence-corrected chi connectivity index (χ0v) is 14.6. The Labute approximate surface area is 147 Å². The second kappa shape index (κ2) is 7.83. The van der Waals surface area contributed by atoms with Crippen LogP contribution in [0.2, 0.25) is 0 Å². The fraction of sp³-hybridized carbons (Fsp3) is 0.300. The maximum Gasteiger partial charge on any atom is 0.207 e. The highest BCUT2D eigenvalue weighted by molar-refractivity contribution is 5.76. The van der Waals surface area contributed by atoms with Crippen molar-refractivity contribution in [1.29, 1.82) is 0 Å². The minimum atomic E-state index is -0.137. The number of amides is 1. The molecule has 1 atom stereocenters. The van der Waals surface area contributed by atoms with Crippen LogP contribution < -0.4 is 10.1 Å². The number of rotatable bonds is 8. The molecule has 5 heteroatoms. The van der Waals surface area contributed by atoms with E-state index >= 15 is 0 Å². The van der Waals surface area contributed by atoms with E-state index in [1.165, 1.54) is 0 Å². The molecule has 1 aromatic heterocycles. The number of carbonyl (C=O) groups excluding carboxylic acids is 1. The largest absolute Gasteiger partial charge is 0.493 e. The summed E-state index contributed by atoms with van der Waals surface area (Å²) in [6.45, 7) is 5.40. The zero-order chi connectivity index (χ0) is 17.6. The molecule has 1 N–H and O–H groups in total. The fourth-order valence-corrected chi connectivity index (χ4v) is 2.96. The van der Waals surface area contributed by atoms with Crippen molar-refractivity contribution >= 4 is 17.4 Å². The molecular formula is C20H23N3O2. The molecule has 0 aliphatic carbocycles. The number of hydrogen-bond acceptors (Lipinski definition) is 3. The molecule has 1 heterocycles. The van der Waals surface area contributed by atoms with Crippen LogP contribution in [0.4, 0.5) is 0 Å². The number of nitrogens with zero attached hydrogens (tertiary/aromatic N) is 2. The smallest absolute Gasteiger partial charge is 0.207 e. The number of imidazole rings is 1. The molecule has 3 aromatic rings. The minimum absolute atomic E-state index is 0.137. The molecule has 5 nitrogen and oxygen atoms in total. The van der Waals surface area contributed by atoms with Crippen LogP contribution in [0.1, 0.15) is 30.8 Å². The van der Waals surface area contributed by atoms with Gasteiger partial charge in [0.2, 0.25) is 6.41 Å². The highest BCUT2D eigenvalue weighted by atomic mass is 16.5. The SMILES string of the molecule is Cc1ccccc1OCCCn1c([C@H](C)NC=O)nc2ccccc21. The predicted molar refractivity (Wildman–Crippen MR) is 98.6 cm³/mol. The van der Waals surface area contributed by atoms with E-state index in [9.17, 15) is 4.79 Å². The van der Waals surface area contributed by atoms with E-state index in [2.05, 4.69) is 20.9 Å². The van der Waals surface area contributed by atoms with Gasteiger partial charge in [-0.05, 0) is 44.0 Å². The van der Waals surface area contributed by atoms with Gasteiger partial charge in [0.15, 0.2) is 0 Å². The number of carbonyl (C=O) groups is 1. The average molecular weight is 337 g/mol. The van der Waals surface area contributed by atoms with E-state index in [4.69, 9.17) is 4.74 Å². The number of nitrogens with one attached hydrogen (secondary N) is 1. The molecule has 2 aromatic carbocycles. The van der Waals surface area contributed by atoms with Crippen LogP contribution in [-0.2, 0) is 11.3 Å². The van der Waals surface area contributed by atoms with Crippen molar-refractivity contribution < 1.29 is 9.53 Å². The van der Waals surface area contributed by atoms with E-state index in [0.29, 0.717) is 6.61 Å². The lowest BCUT2D eigenvalue weighted by atomic mass is 10.2. The van der Waals surface area contributed by atoms with Crippen molar-refractivity contribution in [3.8, 4) is 5.75 Å². The lowest BCUT2D eigenvalue weighted by Gasteiger charge is -2.14. The van der Waals surface area contributed by atoms with Crippen molar-refractivity contribution in [3.63, 3.8) is 0 Å². The molecule has 3 rings (SSSR count). The summed E-state index contributed by atoms with van der Waals surface area (Å²) < 4.78 is 8.05. The third kappa shape index (κ3) is 3.82. The van der Waals surface area contributed by atoms with E-state index in [-0.39, 0.29) is 6.04 Å². The molecule has 0 aliphatic rings. The number of fused-ring (bicyclic) bond motifs is 1. The first-order valence-corrected chi connectivity index (χ1v) is 8.54. The lowest BCUT2D eigenvalue weighted by Crippen LogP contribution is -2.21. The third-order valence-corrected chi connectivity index (χ3v) is 4.27. The molecule has 0 saturated heterocycles. The van der Waals surface area contributed by atoms with Gasteiger partial charge in [0.25, 0.3) is 0 Å². The average Bonchev–Trinajstić information content (AvgIpc) is 2.99. The first-order chi connectivity index (χ1) is 12.2. The van der Waals surface area contributed by atoms with Gasteiger partial charge in [0.1, 0.15) is 11.6 Å². The molecule has 0 unspecified atom stereocenters. The maximum atomic E-state index is 10.8. The van der Waals surface area contributed by atoms with Crippen molar-refractivity contribution in [2.75, 3.05) is 6.61 Å². The molecule has 0 saturated carbocycles. The summed E-state index contributed by atoms with van der Waals surface area (Å²) in [5, 5.41) is 2.79. The quantitative estimate of drug-likeness (QED) is 0.504. The van der Waals surface area contributed by atoms with Crippen LogP contribution in [0, 0.1) is 6.92 Å². The predicted octanol–water partition coefficient (Wildman–Crippen LogP) is 3.62. The Hall–Kier alpha value is -2.82. The Morgan fingerprint density at radius 3 is 2.76 bits per heavy atom. The van der Waals surface area contributed by atoms with Gasteiger partial charge in [-0.15, -0.1) is 0 Å². The number of aryl methyl sites for hydroxylation is 2. The van der Waals surface area contributed by atoms with Crippen LogP contribution in [0.15, 0.2) is 48.5 Å². The third-order valence-electron chi connectivity index (χ3n) is 4.27. The van der Waals surface area contributed by atoms with Gasteiger partial charge in [-0.3, -0.25) is 4.79 Å². The fourth-order valence-electron chi connectivity index (χ4n) is 2.96. The van der Waals surface area contributed by atoms with Crippen LogP contribution in [0.25, 0.3) is 11.0 Å². The Morgan fingerprint density at radius 2 is 1.96 bits per heavy atom. The molecule has 0 aliphatic heterocycles. The highest BCUT2D eigenvalue weighted by Gasteiger charge is 2.15. The number of aromatic nitrogens is 2. The van der Waals surface area contributed by atoms with Crippen molar-refractivity contribution in [3.05, 3.63) is 59.9 Å². The Balaban J connectivity index is 1.72. The number of hydrogen-bond donors (Lipinski definition) is 1. The van der Waals surface area contributed by atoms with Crippen molar-refractivity contribution in [2.24, 2.45) is 0 Å². The van der Waals surface area contributed by atoms with Crippen LogP contribution in [0.3, 0.4) is 0 Å². The van der Waals surface area contributed by atoms with Gasteiger partial charge in [-0.2, -0.15) is 0 Å². The van der Waals surface area contributed by atoms with E-state index in [0.717, 1.165) is 47.5 Å². The highest BCUT2D eigenvalue weighted by Crippen LogP contribution is 2.21. The summed E-state index contributed by atoms with van der Waals surface area (Å²) >= 11 is 0. The van der Waals surface area contributed by atoms with E-state index in [1.54, 1.807) is 0 Å². The first kappa shape index (κ1) is 17.0. The summed E-state index contributed by atoms with van der Waals surface area (Å²) in [7, 11) is 0. The van der Waals surface area contributed by atoms with Gasteiger partial charge in [0, 0.05) is 6.54 Å². The summed E-state index contributed by atoms with van der Waals surface area (Å²) in [5.41, 5.74) is 3.16. The van der Waals surface area contributed by atoms with Crippen molar-refractivity contribution in [2.45, 2.75) is 32.9 Å². The van der Waals surface area contributed by atoms with E-state index in [1.807, 2.05) is 56.3 Å². The minimum Gasteiger partial charge on any atom is -0.493 e. The van der Waals surface area contributed by atoms with Gasteiger partial charge < -0.3 is 14.6 Å².